The molecule has 0 radical (unpaired) electrons. The Bertz CT molecular complexity index is 1140. The number of aromatic nitrogens is 5. The van der Waals surface area contributed by atoms with Crippen LogP contribution in [0, 0.1) is 4.77 Å². The van der Waals surface area contributed by atoms with Gasteiger partial charge >= 0.3 is 0 Å². The van der Waals surface area contributed by atoms with E-state index in [1.54, 1.807) is 11.3 Å². The summed E-state index contributed by atoms with van der Waals surface area (Å²) >= 11 is 8.18. The summed E-state index contributed by atoms with van der Waals surface area (Å²) in [5.74, 6) is 1.98. The highest BCUT2D eigenvalue weighted by Gasteiger charge is 2.21. The highest BCUT2D eigenvalue weighted by Crippen LogP contribution is 2.34. The topological polar surface area (TPSA) is 108 Å². The molecule has 1 aliphatic rings. The second-order valence-corrected chi connectivity index (χ2v) is 8.96. The average Bonchev–Trinajstić information content (AvgIpc) is 3.33. The molecule has 0 saturated heterocycles. The van der Waals surface area contributed by atoms with E-state index in [0.29, 0.717) is 35.3 Å². The minimum Gasteiger partial charge on any atom is -0.348 e. The van der Waals surface area contributed by atoms with Crippen molar-refractivity contribution in [2.45, 2.75) is 45.0 Å². The van der Waals surface area contributed by atoms with Gasteiger partial charge in [0.2, 0.25) is 5.91 Å². The third kappa shape index (κ3) is 3.78. The summed E-state index contributed by atoms with van der Waals surface area (Å²) in [6.07, 6.45) is 3.13. The first-order valence-electron chi connectivity index (χ1n) is 9.08. The van der Waals surface area contributed by atoms with Crippen molar-refractivity contribution in [3.05, 3.63) is 37.2 Å². The molecular formula is C17H20N6O2S3. The molecule has 0 unspecified atom stereocenters. The molecule has 0 saturated carbocycles. The van der Waals surface area contributed by atoms with E-state index in [9.17, 15) is 9.59 Å². The number of nitrogens with zero attached hydrogens (tertiary/aromatic N) is 3. The fourth-order valence-corrected chi connectivity index (χ4v) is 5.68. The van der Waals surface area contributed by atoms with E-state index >= 15 is 0 Å². The molecule has 148 valence electrons. The third-order valence-corrected chi connectivity index (χ3v) is 7.13. The van der Waals surface area contributed by atoms with Gasteiger partial charge in [-0.2, -0.15) is 5.10 Å². The van der Waals surface area contributed by atoms with Gasteiger partial charge in [-0.15, -0.1) is 23.1 Å². The Morgan fingerprint density at radius 2 is 2.29 bits per heavy atom. The minimum absolute atomic E-state index is 0.0631. The zero-order valence-corrected chi connectivity index (χ0v) is 17.8. The number of thioether (sulfide) groups is 1. The predicted octanol–water partition coefficient (Wildman–Crippen LogP) is 2.30. The molecule has 1 aliphatic carbocycles. The highest BCUT2D eigenvalue weighted by molar-refractivity contribution is 7.99. The number of aryl methyl sites for hydroxylation is 2. The average molecular weight is 437 g/mol. The molecule has 0 aliphatic heterocycles. The Hall–Kier alpha value is -1.98. The first kappa shape index (κ1) is 19.3. The maximum Gasteiger partial charge on any atom is 0.259 e. The number of amides is 1. The van der Waals surface area contributed by atoms with Gasteiger partial charge in [0.25, 0.3) is 5.56 Å². The number of rotatable bonds is 7. The number of nitrogens with one attached hydrogen (secondary N) is 3. The van der Waals surface area contributed by atoms with E-state index in [1.165, 1.54) is 22.2 Å². The van der Waals surface area contributed by atoms with Crippen LogP contribution >= 0.6 is 35.3 Å². The third-order valence-electron chi connectivity index (χ3n) is 4.69. The lowest BCUT2D eigenvalue weighted by Gasteiger charge is -2.06. The number of fused-ring (bicyclic) bond motifs is 3. The maximum atomic E-state index is 12.4. The van der Waals surface area contributed by atoms with Crippen LogP contribution in [-0.4, -0.2) is 36.4 Å². The Kier molecular flexibility index (Phi) is 5.65. The number of carbonyl (C=O) groups is 1. The second kappa shape index (κ2) is 8.18. The van der Waals surface area contributed by atoms with Gasteiger partial charge in [0.15, 0.2) is 10.6 Å². The molecule has 8 nitrogen and oxygen atoms in total. The zero-order valence-electron chi connectivity index (χ0n) is 15.3. The van der Waals surface area contributed by atoms with Crippen LogP contribution in [0.3, 0.4) is 0 Å². The molecule has 11 heteroatoms. The predicted molar refractivity (Wildman–Crippen MR) is 113 cm³/mol. The number of hydrogen-bond acceptors (Lipinski definition) is 7. The Labute approximate surface area is 174 Å². The van der Waals surface area contributed by atoms with Crippen molar-refractivity contribution < 1.29 is 4.79 Å². The first-order chi connectivity index (χ1) is 13.6. The molecule has 0 fully saturated rings. The van der Waals surface area contributed by atoms with E-state index in [0.717, 1.165) is 29.5 Å². The van der Waals surface area contributed by atoms with E-state index in [4.69, 9.17) is 12.2 Å². The molecule has 0 bridgehead atoms. The lowest BCUT2D eigenvalue weighted by molar-refractivity contribution is -0.118. The van der Waals surface area contributed by atoms with Gasteiger partial charge in [0.1, 0.15) is 10.7 Å². The molecule has 1 amide bonds. The molecular weight excluding hydrogens is 416 g/mol. The largest absolute Gasteiger partial charge is 0.348 e. The SMILES string of the molecule is CCn1c(CNC(=O)CSCc2nc3sc4c(c3c(=O)[nH]2)CCC4)n[nH]c1=S. The lowest BCUT2D eigenvalue weighted by atomic mass is 10.2. The number of H-pyrrole nitrogens is 2. The van der Waals surface area contributed by atoms with Crippen molar-refractivity contribution in [1.29, 1.82) is 0 Å². The van der Waals surface area contributed by atoms with Gasteiger partial charge in [-0.3, -0.25) is 14.7 Å². The molecule has 0 aromatic carbocycles. The van der Waals surface area contributed by atoms with Crippen LogP contribution in [0.1, 0.15) is 35.4 Å². The van der Waals surface area contributed by atoms with Gasteiger partial charge in [0.05, 0.1) is 23.4 Å². The highest BCUT2D eigenvalue weighted by atomic mass is 32.2. The molecule has 3 aromatic rings. The van der Waals surface area contributed by atoms with Crippen molar-refractivity contribution in [1.82, 2.24) is 30.0 Å². The molecule has 3 heterocycles. The number of hydrogen-bond donors (Lipinski definition) is 3. The smallest absolute Gasteiger partial charge is 0.259 e. The maximum absolute atomic E-state index is 12.4. The Morgan fingerprint density at radius 3 is 3.11 bits per heavy atom. The quantitative estimate of drug-likeness (QED) is 0.491. The fourth-order valence-electron chi connectivity index (χ4n) is 3.40. The van der Waals surface area contributed by atoms with Crippen LogP contribution in [0.2, 0.25) is 0 Å². The monoisotopic (exact) mass is 436 g/mol. The van der Waals surface area contributed by atoms with Crippen LogP contribution in [0.5, 0.6) is 0 Å². The molecule has 0 atom stereocenters. The van der Waals surface area contributed by atoms with E-state index in [1.807, 2.05) is 11.5 Å². The summed E-state index contributed by atoms with van der Waals surface area (Å²) in [6.45, 7) is 2.99. The summed E-state index contributed by atoms with van der Waals surface area (Å²) < 4.78 is 2.39. The van der Waals surface area contributed by atoms with Crippen molar-refractivity contribution in [3.63, 3.8) is 0 Å². The van der Waals surface area contributed by atoms with Crippen molar-refractivity contribution in [2.75, 3.05) is 5.75 Å². The zero-order chi connectivity index (χ0) is 19.7. The van der Waals surface area contributed by atoms with Gasteiger partial charge in [-0.25, -0.2) is 4.98 Å². The van der Waals surface area contributed by atoms with Gasteiger partial charge in [-0.1, -0.05) is 0 Å². The lowest BCUT2D eigenvalue weighted by Crippen LogP contribution is -2.26. The number of carbonyl (C=O) groups excluding carboxylic acids is 1. The minimum atomic E-state index is -0.0971. The van der Waals surface area contributed by atoms with Crippen LogP contribution in [0.15, 0.2) is 4.79 Å². The van der Waals surface area contributed by atoms with Crippen LogP contribution in [0.25, 0.3) is 10.2 Å². The number of thiophene rings is 1. The molecule has 4 rings (SSSR count). The summed E-state index contributed by atoms with van der Waals surface area (Å²) in [5.41, 5.74) is 1.11. The summed E-state index contributed by atoms with van der Waals surface area (Å²) in [5, 5.41) is 10.4. The molecule has 0 spiro atoms. The molecule has 28 heavy (non-hydrogen) atoms. The molecule has 3 N–H and O–H groups in total. The van der Waals surface area contributed by atoms with E-state index < -0.39 is 0 Å². The van der Waals surface area contributed by atoms with Crippen LogP contribution < -0.4 is 10.9 Å². The number of aromatic amines is 2. The standard InChI is InChI=1S/C17H20N6O2S3/c1-2-23-12(21-22-17(23)26)6-18-13(24)8-27-7-11-19-15(25)14-9-4-3-5-10(9)28-16(14)20-11/h2-8H2,1H3,(H,18,24)(H,22,26)(H,19,20,25). The fraction of sp³-hybridized carbons (Fsp3) is 0.471. The van der Waals surface area contributed by atoms with Gasteiger partial charge < -0.3 is 14.9 Å². The Morgan fingerprint density at radius 1 is 1.43 bits per heavy atom. The van der Waals surface area contributed by atoms with E-state index in [2.05, 4.69) is 25.5 Å². The van der Waals surface area contributed by atoms with Gasteiger partial charge in [-0.05, 0) is 44.0 Å². The summed E-state index contributed by atoms with van der Waals surface area (Å²) in [7, 11) is 0. The normalized spacial score (nSPS) is 13.2. The second-order valence-electron chi connectivity index (χ2n) is 6.51. The van der Waals surface area contributed by atoms with Crippen LogP contribution in [0.4, 0.5) is 0 Å². The van der Waals surface area contributed by atoms with Crippen molar-refractivity contribution in [2.24, 2.45) is 0 Å². The summed E-state index contributed by atoms with van der Waals surface area (Å²) in [6, 6.07) is 0. The Balaban J connectivity index is 1.33. The summed E-state index contributed by atoms with van der Waals surface area (Å²) in [4.78, 5) is 34.1. The van der Waals surface area contributed by atoms with E-state index in [-0.39, 0.29) is 17.2 Å². The van der Waals surface area contributed by atoms with Gasteiger partial charge in [0, 0.05) is 11.4 Å². The first-order valence-corrected chi connectivity index (χ1v) is 11.5. The van der Waals surface area contributed by atoms with Crippen molar-refractivity contribution >= 4 is 51.4 Å². The van der Waals surface area contributed by atoms with Crippen molar-refractivity contribution in [3.8, 4) is 0 Å². The van der Waals surface area contributed by atoms with Crippen LogP contribution in [-0.2, 0) is 36.5 Å². The molecule has 3 aromatic heterocycles.